The second-order valence-electron chi connectivity index (χ2n) is 8.76. The summed E-state index contributed by atoms with van der Waals surface area (Å²) in [6.45, 7) is 1.88. The van der Waals surface area contributed by atoms with Crippen molar-refractivity contribution in [2.45, 2.75) is 30.2 Å². The summed E-state index contributed by atoms with van der Waals surface area (Å²) < 4.78 is 33.8. The molecule has 1 aliphatic carbocycles. The fourth-order valence-corrected chi connectivity index (χ4v) is 6.07. The van der Waals surface area contributed by atoms with Gasteiger partial charge in [-0.1, -0.05) is 42.5 Å². The molecular weight excluding hydrogens is 448 g/mol. The highest BCUT2D eigenvalue weighted by Gasteiger charge is 2.38. The monoisotopic (exact) mass is 474 g/mol. The van der Waals surface area contributed by atoms with Crippen LogP contribution in [0.25, 0.3) is 0 Å². The molecule has 6 nitrogen and oxygen atoms in total. The molecule has 0 fully saturated rings. The van der Waals surface area contributed by atoms with Gasteiger partial charge < -0.3 is 10.1 Å². The second kappa shape index (κ2) is 8.65. The predicted octanol–water partition coefficient (Wildman–Crippen LogP) is 5.41. The van der Waals surface area contributed by atoms with Gasteiger partial charge in [0, 0.05) is 11.6 Å². The third kappa shape index (κ3) is 3.96. The fraction of sp³-hybridized carbons (Fsp3) is 0.222. The van der Waals surface area contributed by atoms with Crippen molar-refractivity contribution in [1.29, 1.82) is 0 Å². The molecule has 0 unspecified atom stereocenters. The van der Waals surface area contributed by atoms with E-state index in [-0.39, 0.29) is 28.7 Å². The van der Waals surface area contributed by atoms with Crippen molar-refractivity contribution < 1.29 is 17.9 Å². The van der Waals surface area contributed by atoms with Crippen molar-refractivity contribution in [2.24, 2.45) is 5.92 Å². The number of fused-ring (bicyclic) bond motifs is 3. The molecule has 34 heavy (non-hydrogen) atoms. The second-order valence-corrected chi connectivity index (χ2v) is 10.4. The maximum absolute atomic E-state index is 13.1. The van der Waals surface area contributed by atoms with Gasteiger partial charge >= 0.3 is 5.97 Å². The Bertz CT molecular complexity index is 1380. The summed E-state index contributed by atoms with van der Waals surface area (Å²) in [5.41, 5.74) is 4.94. The van der Waals surface area contributed by atoms with Gasteiger partial charge in [-0.15, -0.1) is 0 Å². The van der Waals surface area contributed by atoms with Crippen molar-refractivity contribution in [3.8, 4) is 0 Å². The number of sulfonamides is 1. The van der Waals surface area contributed by atoms with E-state index in [1.165, 1.54) is 7.11 Å². The largest absolute Gasteiger partial charge is 0.465 e. The fourth-order valence-electron chi connectivity index (χ4n) is 4.91. The number of allylic oxidation sites excluding steroid dienone is 2. The molecule has 7 heteroatoms. The SMILES string of the molecule is COC(=O)c1ccc([C@@H]2Nc3ccc(S(=O)(=O)Nc4ccccc4C)cc3[C@H]3C=CC[C@@H]32)cc1. The molecule has 2 N–H and O–H groups in total. The number of carbonyl (C=O) groups is 1. The topological polar surface area (TPSA) is 84.5 Å². The van der Waals surface area contributed by atoms with Gasteiger partial charge in [-0.2, -0.15) is 0 Å². The van der Waals surface area contributed by atoms with Gasteiger partial charge in [-0.05, 0) is 72.4 Å². The van der Waals surface area contributed by atoms with E-state index in [2.05, 4.69) is 22.2 Å². The summed E-state index contributed by atoms with van der Waals surface area (Å²) in [6, 6.07) is 20.1. The summed E-state index contributed by atoms with van der Waals surface area (Å²) in [6.07, 6.45) is 5.22. The molecule has 5 rings (SSSR count). The molecule has 2 aliphatic rings. The lowest BCUT2D eigenvalue weighted by atomic mass is 9.77. The highest BCUT2D eigenvalue weighted by atomic mass is 32.2. The van der Waals surface area contributed by atoms with Crippen LogP contribution >= 0.6 is 0 Å². The van der Waals surface area contributed by atoms with Crippen LogP contribution in [0.1, 0.15) is 45.4 Å². The average Bonchev–Trinajstić information content (AvgIpc) is 3.34. The van der Waals surface area contributed by atoms with Crippen LogP contribution in [0.3, 0.4) is 0 Å². The number of methoxy groups -OCH3 is 1. The van der Waals surface area contributed by atoms with E-state index in [0.717, 1.165) is 28.8 Å². The number of hydrogen-bond acceptors (Lipinski definition) is 5. The number of carbonyl (C=O) groups excluding carboxylic acids is 1. The molecule has 0 bridgehead atoms. The molecule has 0 amide bonds. The van der Waals surface area contributed by atoms with Gasteiger partial charge in [0.2, 0.25) is 0 Å². The zero-order valence-electron chi connectivity index (χ0n) is 19.0. The Kier molecular flexibility index (Phi) is 5.65. The van der Waals surface area contributed by atoms with Crippen LogP contribution in [0.2, 0.25) is 0 Å². The number of nitrogens with one attached hydrogen (secondary N) is 2. The van der Waals surface area contributed by atoms with E-state index in [0.29, 0.717) is 11.3 Å². The zero-order valence-corrected chi connectivity index (χ0v) is 19.8. The smallest absolute Gasteiger partial charge is 0.337 e. The summed E-state index contributed by atoms with van der Waals surface area (Å²) in [5.74, 6) is -0.00384. The number of hydrogen-bond donors (Lipinski definition) is 2. The highest BCUT2D eigenvalue weighted by Crippen LogP contribution is 2.50. The lowest BCUT2D eigenvalue weighted by molar-refractivity contribution is 0.0600. The Morgan fingerprint density at radius 2 is 1.82 bits per heavy atom. The first-order chi connectivity index (χ1) is 16.4. The van der Waals surface area contributed by atoms with E-state index >= 15 is 0 Å². The minimum absolute atomic E-state index is 0.0479. The summed E-state index contributed by atoms with van der Waals surface area (Å²) >= 11 is 0. The number of para-hydroxylation sites is 1. The zero-order chi connectivity index (χ0) is 23.9. The van der Waals surface area contributed by atoms with Crippen LogP contribution in [0.4, 0.5) is 11.4 Å². The van der Waals surface area contributed by atoms with Crippen molar-refractivity contribution >= 4 is 27.4 Å². The Morgan fingerprint density at radius 3 is 2.56 bits per heavy atom. The van der Waals surface area contributed by atoms with Crippen molar-refractivity contribution in [1.82, 2.24) is 0 Å². The van der Waals surface area contributed by atoms with Gasteiger partial charge in [0.05, 0.1) is 29.3 Å². The van der Waals surface area contributed by atoms with E-state index < -0.39 is 10.0 Å². The Morgan fingerprint density at radius 1 is 1.06 bits per heavy atom. The lowest BCUT2D eigenvalue weighted by Gasteiger charge is -2.37. The Balaban J connectivity index is 1.46. The maximum atomic E-state index is 13.1. The predicted molar refractivity (Wildman–Crippen MR) is 133 cm³/mol. The lowest BCUT2D eigenvalue weighted by Crippen LogP contribution is -2.29. The number of benzene rings is 3. The van der Waals surface area contributed by atoms with Gasteiger partial charge in [0.25, 0.3) is 10.0 Å². The van der Waals surface area contributed by atoms with Gasteiger partial charge in [0.15, 0.2) is 0 Å². The first-order valence-corrected chi connectivity index (χ1v) is 12.7. The Labute approximate surface area is 199 Å². The third-order valence-corrected chi connectivity index (χ3v) is 8.09. The number of aryl methyl sites for hydroxylation is 1. The molecule has 0 spiro atoms. The Hall–Kier alpha value is -3.58. The molecule has 1 aliphatic heterocycles. The minimum Gasteiger partial charge on any atom is -0.465 e. The van der Waals surface area contributed by atoms with Crippen molar-refractivity contribution in [3.63, 3.8) is 0 Å². The number of ether oxygens (including phenoxy) is 1. The van der Waals surface area contributed by atoms with E-state index in [9.17, 15) is 13.2 Å². The van der Waals surface area contributed by atoms with Crippen molar-refractivity contribution in [3.05, 3.63) is 101 Å². The first kappa shape index (κ1) is 22.2. The molecule has 3 atom stereocenters. The number of rotatable bonds is 5. The van der Waals surface area contributed by atoms with E-state index in [1.807, 2.05) is 43.3 Å². The molecule has 0 saturated carbocycles. The number of esters is 1. The van der Waals surface area contributed by atoms with E-state index in [1.54, 1.807) is 30.3 Å². The van der Waals surface area contributed by atoms with Crippen LogP contribution in [0.5, 0.6) is 0 Å². The molecule has 1 heterocycles. The van der Waals surface area contributed by atoms with Crippen molar-refractivity contribution in [2.75, 3.05) is 17.1 Å². The molecule has 3 aromatic carbocycles. The molecular formula is C27H26N2O4S. The molecule has 0 aromatic heterocycles. The quantitative estimate of drug-likeness (QED) is 0.382. The highest BCUT2D eigenvalue weighted by molar-refractivity contribution is 7.92. The maximum Gasteiger partial charge on any atom is 0.337 e. The summed E-state index contributed by atoms with van der Waals surface area (Å²) in [4.78, 5) is 12.0. The third-order valence-electron chi connectivity index (χ3n) is 6.72. The van der Waals surface area contributed by atoms with Crippen LogP contribution in [0, 0.1) is 12.8 Å². The van der Waals surface area contributed by atoms with Gasteiger partial charge in [-0.25, -0.2) is 13.2 Å². The van der Waals surface area contributed by atoms with E-state index in [4.69, 9.17) is 4.74 Å². The summed E-state index contributed by atoms with van der Waals surface area (Å²) in [7, 11) is -2.35. The number of anilines is 2. The summed E-state index contributed by atoms with van der Waals surface area (Å²) in [5, 5.41) is 3.61. The van der Waals surface area contributed by atoms with Crippen LogP contribution in [-0.4, -0.2) is 21.5 Å². The molecule has 0 radical (unpaired) electrons. The van der Waals surface area contributed by atoms with Crippen LogP contribution in [-0.2, 0) is 14.8 Å². The molecule has 3 aromatic rings. The standard InChI is InChI=1S/C27H26N2O4S/c1-17-6-3-4-9-24(17)29-34(31,32)20-14-15-25-23(16-20)21-7-5-8-22(21)26(28-25)18-10-12-19(13-11-18)27(30)33-2/h3-7,9-16,21-22,26,28-29H,8H2,1-2H3/t21-,22-,26-/m0/s1. The van der Waals surface area contributed by atoms with Crippen LogP contribution in [0.15, 0.2) is 83.8 Å². The minimum atomic E-state index is -3.72. The average molecular weight is 475 g/mol. The first-order valence-electron chi connectivity index (χ1n) is 11.2. The van der Waals surface area contributed by atoms with Gasteiger partial charge in [0.1, 0.15) is 0 Å². The van der Waals surface area contributed by atoms with Crippen LogP contribution < -0.4 is 10.0 Å². The van der Waals surface area contributed by atoms with Gasteiger partial charge in [-0.3, -0.25) is 4.72 Å². The molecule has 0 saturated heterocycles. The molecule has 174 valence electrons. The normalized spacial score (nSPS) is 20.7.